The van der Waals surface area contributed by atoms with Gasteiger partial charge in [-0.2, -0.15) is 0 Å². The second kappa shape index (κ2) is 15.2. The van der Waals surface area contributed by atoms with Crippen LogP contribution in [0.25, 0.3) is 0 Å². The van der Waals surface area contributed by atoms with Crippen molar-refractivity contribution in [2.75, 3.05) is 9.80 Å². The van der Waals surface area contributed by atoms with Gasteiger partial charge < -0.3 is 9.80 Å². The smallest absolute Gasteiger partial charge is 0.0461 e. The van der Waals surface area contributed by atoms with Crippen LogP contribution >= 0.6 is 0 Å². The van der Waals surface area contributed by atoms with Crippen molar-refractivity contribution in [1.29, 1.82) is 0 Å². The maximum absolute atomic E-state index is 2.31. The molecule has 0 aromatic heterocycles. The van der Waals surface area contributed by atoms with Gasteiger partial charge in [-0.15, -0.1) is 0 Å². The zero-order valence-corrected chi connectivity index (χ0v) is 27.2. The number of aryl methyl sites for hydroxylation is 4. The van der Waals surface area contributed by atoms with Crippen LogP contribution in [0.15, 0.2) is 194 Å². The van der Waals surface area contributed by atoms with E-state index in [2.05, 4.69) is 204 Å². The Morgan fingerprint density at radius 1 is 0.208 bits per heavy atom. The van der Waals surface area contributed by atoms with Gasteiger partial charge in [-0.05, 0) is 121 Å². The fourth-order valence-electron chi connectivity index (χ4n) is 6.28. The Kier molecular flexibility index (Phi) is 9.72. The number of para-hydroxylation sites is 4. The van der Waals surface area contributed by atoms with Crippen molar-refractivity contribution in [3.05, 3.63) is 216 Å². The topological polar surface area (TPSA) is 6.48 Å². The van der Waals surface area contributed by atoms with Gasteiger partial charge in [0.25, 0.3) is 0 Å². The summed E-state index contributed by atoms with van der Waals surface area (Å²) >= 11 is 0. The van der Waals surface area contributed by atoms with E-state index in [1.54, 1.807) is 0 Å². The van der Waals surface area contributed by atoms with Gasteiger partial charge in [0.1, 0.15) is 0 Å². The average Bonchev–Trinajstić information content (AvgIpc) is 3.17. The molecular formula is C46H40N2. The Bertz CT molecular complexity index is 1740. The SMILES string of the molecule is c1ccc(N(c2ccccc2)c2ccc(CCc3ccc(CCc4ccc(N(c5ccccc5)c5ccccc5)cc4)cc3)cc2)cc1. The number of benzene rings is 7. The molecule has 48 heavy (non-hydrogen) atoms. The molecule has 7 rings (SSSR count). The predicted molar refractivity (Wildman–Crippen MR) is 204 cm³/mol. The highest BCUT2D eigenvalue weighted by atomic mass is 15.1. The molecule has 0 N–H and O–H groups in total. The molecule has 0 unspecified atom stereocenters. The molecule has 2 heteroatoms. The van der Waals surface area contributed by atoms with Crippen molar-refractivity contribution in [2.45, 2.75) is 25.7 Å². The van der Waals surface area contributed by atoms with Gasteiger partial charge in [0.15, 0.2) is 0 Å². The van der Waals surface area contributed by atoms with Crippen molar-refractivity contribution >= 4 is 34.1 Å². The summed E-state index contributed by atoms with van der Waals surface area (Å²) in [5, 5.41) is 0. The fraction of sp³-hybridized carbons (Fsp3) is 0.0870. The summed E-state index contributed by atoms with van der Waals surface area (Å²) < 4.78 is 0. The number of hydrogen-bond acceptors (Lipinski definition) is 2. The maximum atomic E-state index is 2.31. The highest BCUT2D eigenvalue weighted by Gasteiger charge is 2.13. The molecule has 0 radical (unpaired) electrons. The van der Waals surface area contributed by atoms with E-state index in [1.807, 2.05) is 0 Å². The van der Waals surface area contributed by atoms with Crippen molar-refractivity contribution in [2.24, 2.45) is 0 Å². The predicted octanol–water partition coefficient (Wildman–Crippen LogP) is 12.2. The van der Waals surface area contributed by atoms with Gasteiger partial charge in [-0.25, -0.2) is 0 Å². The molecule has 7 aromatic rings. The first-order valence-electron chi connectivity index (χ1n) is 16.9. The Hall–Kier alpha value is -5.86. The van der Waals surface area contributed by atoms with Crippen LogP contribution in [0.1, 0.15) is 22.3 Å². The highest BCUT2D eigenvalue weighted by Crippen LogP contribution is 2.35. The van der Waals surface area contributed by atoms with Gasteiger partial charge in [0, 0.05) is 34.1 Å². The van der Waals surface area contributed by atoms with Crippen molar-refractivity contribution in [3.8, 4) is 0 Å². The molecule has 0 saturated heterocycles. The average molecular weight is 621 g/mol. The zero-order valence-electron chi connectivity index (χ0n) is 27.2. The third-order valence-electron chi connectivity index (χ3n) is 8.87. The summed E-state index contributed by atoms with van der Waals surface area (Å²) in [6, 6.07) is 69.5. The van der Waals surface area contributed by atoms with E-state index in [0.29, 0.717) is 0 Å². The third kappa shape index (κ3) is 7.57. The normalized spacial score (nSPS) is 10.8. The van der Waals surface area contributed by atoms with E-state index in [-0.39, 0.29) is 0 Å². The molecule has 0 aliphatic carbocycles. The van der Waals surface area contributed by atoms with Gasteiger partial charge >= 0.3 is 0 Å². The van der Waals surface area contributed by atoms with Crippen LogP contribution in [0.4, 0.5) is 34.1 Å². The molecule has 2 nitrogen and oxygen atoms in total. The van der Waals surface area contributed by atoms with Crippen LogP contribution in [-0.2, 0) is 25.7 Å². The van der Waals surface area contributed by atoms with Crippen LogP contribution in [0, 0.1) is 0 Å². The summed E-state index contributed by atoms with van der Waals surface area (Å²) in [6.07, 6.45) is 4.10. The van der Waals surface area contributed by atoms with E-state index in [9.17, 15) is 0 Å². The molecule has 0 bridgehead atoms. The Balaban J connectivity index is 0.950. The van der Waals surface area contributed by atoms with Crippen LogP contribution in [0.5, 0.6) is 0 Å². The van der Waals surface area contributed by atoms with Crippen LogP contribution < -0.4 is 9.80 Å². The summed E-state index contributed by atoms with van der Waals surface area (Å²) in [7, 11) is 0. The Labute approximate surface area is 285 Å². The van der Waals surface area contributed by atoms with Gasteiger partial charge in [0.05, 0.1) is 0 Å². The van der Waals surface area contributed by atoms with Gasteiger partial charge in [-0.3, -0.25) is 0 Å². The van der Waals surface area contributed by atoms with Gasteiger partial charge in [0.2, 0.25) is 0 Å². The first kappa shape index (κ1) is 30.8. The fourth-order valence-corrected chi connectivity index (χ4v) is 6.28. The molecule has 0 atom stereocenters. The molecule has 0 aliphatic heterocycles. The lowest BCUT2D eigenvalue weighted by atomic mass is 10.00. The Morgan fingerprint density at radius 3 is 0.625 bits per heavy atom. The molecule has 0 spiro atoms. The number of nitrogens with zero attached hydrogens (tertiary/aromatic N) is 2. The molecule has 0 fully saturated rings. The maximum Gasteiger partial charge on any atom is 0.0461 e. The minimum Gasteiger partial charge on any atom is -0.311 e. The quantitative estimate of drug-likeness (QED) is 0.134. The number of rotatable bonds is 12. The van der Waals surface area contributed by atoms with E-state index < -0.39 is 0 Å². The molecule has 234 valence electrons. The molecule has 7 aromatic carbocycles. The lowest BCUT2D eigenvalue weighted by molar-refractivity contribution is 0.940. The molecule has 0 heterocycles. The van der Waals surface area contributed by atoms with Crippen LogP contribution in [0.3, 0.4) is 0 Å². The van der Waals surface area contributed by atoms with Crippen LogP contribution in [-0.4, -0.2) is 0 Å². The van der Waals surface area contributed by atoms with E-state index >= 15 is 0 Å². The second-order valence-electron chi connectivity index (χ2n) is 12.2. The number of anilines is 6. The first-order chi connectivity index (χ1) is 23.8. The number of hydrogen-bond donors (Lipinski definition) is 0. The summed E-state index contributed by atoms with van der Waals surface area (Å²) in [5.41, 5.74) is 12.4. The van der Waals surface area contributed by atoms with E-state index in [4.69, 9.17) is 0 Å². The molecule has 0 aliphatic rings. The van der Waals surface area contributed by atoms with E-state index in [1.165, 1.54) is 33.6 Å². The monoisotopic (exact) mass is 620 g/mol. The zero-order chi connectivity index (χ0) is 32.4. The van der Waals surface area contributed by atoms with E-state index in [0.717, 1.165) is 48.4 Å². The van der Waals surface area contributed by atoms with Crippen molar-refractivity contribution < 1.29 is 0 Å². The van der Waals surface area contributed by atoms with Gasteiger partial charge in [-0.1, -0.05) is 121 Å². The summed E-state index contributed by atoms with van der Waals surface area (Å²) in [4.78, 5) is 4.61. The summed E-state index contributed by atoms with van der Waals surface area (Å²) in [5.74, 6) is 0. The minimum atomic E-state index is 1.02. The third-order valence-corrected chi connectivity index (χ3v) is 8.87. The standard InChI is InChI=1S/C46H40N2/c1-5-13-41(14-6-1)47(42-15-7-2-8-16-42)45-33-29-39(30-34-45)27-25-37-21-23-38(24-22-37)26-28-40-31-35-46(36-32-40)48(43-17-9-3-10-18-43)44-19-11-4-12-20-44/h1-24,29-36H,25-28H2. The largest absolute Gasteiger partial charge is 0.311 e. The molecule has 0 saturated carbocycles. The first-order valence-corrected chi connectivity index (χ1v) is 16.9. The van der Waals surface area contributed by atoms with Crippen LogP contribution in [0.2, 0.25) is 0 Å². The Morgan fingerprint density at radius 2 is 0.396 bits per heavy atom. The second-order valence-corrected chi connectivity index (χ2v) is 12.2. The lowest BCUT2D eigenvalue weighted by Crippen LogP contribution is -2.09. The highest BCUT2D eigenvalue weighted by molar-refractivity contribution is 5.77. The molecular weight excluding hydrogens is 581 g/mol. The minimum absolute atomic E-state index is 1.02. The summed E-state index contributed by atoms with van der Waals surface area (Å²) in [6.45, 7) is 0. The van der Waals surface area contributed by atoms with Crippen molar-refractivity contribution in [3.63, 3.8) is 0 Å². The lowest BCUT2D eigenvalue weighted by Gasteiger charge is -2.25. The molecule has 0 amide bonds. The van der Waals surface area contributed by atoms with Crippen molar-refractivity contribution in [1.82, 2.24) is 0 Å².